The van der Waals surface area contributed by atoms with E-state index in [2.05, 4.69) is 5.43 Å². The summed E-state index contributed by atoms with van der Waals surface area (Å²) in [5.74, 6) is 5.52. The number of fused-ring (bicyclic) bond motifs is 1. The number of rotatable bonds is 2. The van der Waals surface area contributed by atoms with Gasteiger partial charge in [0, 0.05) is 24.7 Å². The van der Waals surface area contributed by atoms with Gasteiger partial charge in [0.1, 0.15) is 0 Å². The van der Waals surface area contributed by atoms with Crippen molar-refractivity contribution in [3.63, 3.8) is 0 Å². The number of benzene rings is 1. The van der Waals surface area contributed by atoms with Crippen molar-refractivity contribution in [1.29, 1.82) is 0 Å². The van der Waals surface area contributed by atoms with Gasteiger partial charge in [-0.05, 0) is 12.1 Å². The van der Waals surface area contributed by atoms with E-state index in [0.29, 0.717) is 23.7 Å². The van der Waals surface area contributed by atoms with Crippen LogP contribution in [-0.2, 0) is 9.59 Å². The third-order valence-electron chi connectivity index (χ3n) is 3.31. The Bertz CT molecular complexity index is 546. The average Bonchev–Trinajstić information content (AvgIpc) is 3.03. The lowest BCUT2D eigenvalue weighted by atomic mass is 10.1. The van der Waals surface area contributed by atoms with Crippen LogP contribution in [0, 0.1) is 5.92 Å². The minimum Gasteiger partial charge on any atom is -0.454 e. The molecule has 19 heavy (non-hydrogen) atoms. The third kappa shape index (κ3) is 1.97. The quantitative estimate of drug-likeness (QED) is 0.436. The molecule has 2 amide bonds. The Morgan fingerprint density at radius 1 is 1.37 bits per heavy atom. The Labute approximate surface area is 109 Å². The molecule has 0 saturated carbocycles. The van der Waals surface area contributed by atoms with Crippen LogP contribution in [0.3, 0.4) is 0 Å². The van der Waals surface area contributed by atoms with E-state index in [1.807, 2.05) is 0 Å². The summed E-state index contributed by atoms with van der Waals surface area (Å²) in [7, 11) is 0. The number of amides is 2. The molecule has 1 aromatic carbocycles. The lowest BCUT2D eigenvalue weighted by molar-refractivity contribution is -0.126. The van der Waals surface area contributed by atoms with Gasteiger partial charge in [-0.3, -0.25) is 15.0 Å². The average molecular weight is 263 g/mol. The van der Waals surface area contributed by atoms with E-state index in [9.17, 15) is 9.59 Å². The van der Waals surface area contributed by atoms with Crippen LogP contribution >= 0.6 is 0 Å². The first-order valence-corrected chi connectivity index (χ1v) is 5.89. The van der Waals surface area contributed by atoms with Crippen molar-refractivity contribution in [3.8, 4) is 11.5 Å². The number of carbonyl (C=O) groups excluding carboxylic acids is 2. The second-order valence-corrected chi connectivity index (χ2v) is 4.45. The van der Waals surface area contributed by atoms with E-state index in [-0.39, 0.29) is 25.0 Å². The van der Waals surface area contributed by atoms with Crippen LogP contribution in [0.25, 0.3) is 0 Å². The van der Waals surface area contributed by atoms with Gasteiger partial charge in [-0.2, -0.15) is 0 Å². The minimum atomic E-state index is -0.414. The maximum atomic E-state index is 11.9. The largest absolute Gasteiger partial charge is 0.454 e. The van der Waals surface area contributed by atoms with Crippen molar-refractivity contribution >= 4 is 17.5 Å². The van der Waals surface area contributed by atoms with E-state index in [4.69, 9.17) is 15.3 Å². The molecule has 100 valence electrons. The fourth-order valence-corrected chi connectivity index (χ4v) is 2.30. The minimum absolute atomic E-state index is 0.104. The van der Waals surface area contributed by atoms with Crippen molar-refractivity contribution in [1.82, 2.24) is 5.43 Å². The zero-order valence-corrected chi connectivity index (χ0v) is 10.1. The van der Waals surface area contributed by atoms with Gasteiger partial charge in [-0.25, -0.2) is 5.84 Å². The molecule has 0 bridgehead atoms. The summed E-state index contributed by atoms with van der Waals surface area (Å²) in [6.07, 6.45) is 0.164. The van der Waals surface area contributed by atoms with Gasteiger partial charge >= 0.3 is 0 Å². The molecule has 7 heteroatoms. The smallest absolute Gasteiger partial charge is 0.239 e. The third-order valence-corrected chi connectivity index (χ3v) is 3.31. The summed E-state index contributed by atoms with van der Waals surface area (Å²) in [6, 6.07) is 5.26. The van der Waals surface area contributed by atoms with Crippen LogP contribution < -0.4 is 25.6 Å². The number of nitrogens with two attached hydrogens (primary N) is 1. The van der Waals surface area contributed by atoms with Crippen molar-refractivity contribution in [2.75, 3.05) is 18.2 Å². The normalized spacial score (nSPS) is 20.8. The Hall–Kier alpha value is -2.28. The first-order chi connectivity index (χ1) is 9.19. The standard InChI is InChI=1S/C12H13N3O4/c13-14-12(17)7-3-11(16)15(5-7)8-1-2-9-10(4-8)19-6-18-9/h1-2,4,7H,3,5-6,13H2,(H,14,17)/t7-/m1/s1. The molecule has 2 heterocycles. The van der Waals surface area contributed by atoms with Crippen molar-refractivity contribution in [2.45, 2.75) is 6.42 Å². The number of anilines is 1. The molecule has 2 aliphatic heterocycles. The Morgan fingerprint density at radius 3 is 2.95 bits per heavy atom. The molecule has 1 fully saturated rings. The topological polar surface area (TPSA) is 93.9 Å². The summed E-state index contributed by atoms with van der Waals surface area (Å²) in [5.41, 5.74) is 2.77. The number of carbonyl (C=O) groups is 2. The number of hydrogen-bond acceptors (Lipinski definition) is 5. The van der Waals surface area contributed by atoms with Gasteiger partial charge in [0.2, 0.25) is 18.6 Å². The van der Waals surface area contributed by atoms with Crippen LogP contribution in [-0.4, -0.2) is 25.2 Å². The molecule has 0 aromatic heterocycles. The highest BCUT2D eigenvalue weighted by Gasteiger charge is 2.35. The Kier molecular flexibility index (Phi) is 2.75. The zero-order valence-electron chi connectivity index (χ0n) is 10.1. The summed E-state index contributed by atoms with van der Waals surface area (Å²) in [4.78, 5) is 25.0. The zero-order chi connectivity index (χ0) is 13.4. The highest BCUT2D eigenvalue weighted by Crippen LogP contribution is 2.37. The molecule has 3 rings (SSSR count). The molecule has 0 unspecified atom stereocenters. The van der Waals surface area contributed by atoms with Crippen molar-refractivity contribution < 1.29 is 19.1 Å². The number of ether oxygens (including phenoxy) is 2. The summed E-state index contributed by atoms with van der Waals surface area (Å²) < 4.78 is 10.5. The SMILES string of the molecule is NNC(=O)[C@@H]1CC(=O)N(c2ccc3c(c2)OCO3)C1. The molecular formula is C12H13N3O4. The van der Waals surface area contributed by atoms with E-state index >= 15 is 0 Å². The molecule has 1 saturated heterocycles. The highest BCUT2D eigenvalue weighted by atomic mass is 16.7. The lowest BCUT2D eigenvalue weighted by Crippen LogP contribution is -2.37. The van der Waals surface area contributed by atoms with Gasteiger partial charge in [0.15, 0.2) is 11.5 Å². The second kappa shape index (κ2) is 4.43. The Balaban J connectivity index is 1.83. The maximum Gasteiger partial charge on any atom is 0.239 e. The number of hydrazine groups is 1. The molecular weight excluding hydrogens is 250 g/mol. The summed E-state index contributed by atoms with van der Waals surface area (Å²) in [6.45, 7) is 0.506. The maximum absolute atomic E-state index is 11.9. The predicted octanol–water partition coefficient (Wildman–Crippen LogP) is -0.242. The van der Waals surface area contributed by atoms with Gasteiger partial charge in [0.05, 0.1) is 5.92 Å². The number of nitrogens with zero attached hydrogens (tertiary/aromatic N) is 1. The van der Waals surface area contributed by atoms with E-state index in [0.717, 1.165) is 0 Å². The number of hydrogen-bond donors (Lipinski definition) is 2. The second-order valence-electron chi connectivity index (χ2n) is 4.45. The van der Waals surface area contributed by atoms with Gasteiger partial charge in [-0.1, -0.05) is 0 Å². The predicted molar refractivity (Wildman–Crippen MR) is 65.4 cm³/mol. The summed E-state index contributed by atoms with van der Waals surface area (Å²) in [5, 5.41) is 0. The van der Waals surface area contributed by atoms with Crippen LogP contribution in [0.2, 0.25) is 0 Å². The van der Waals surface area contributed by atoms with Gasteiger partial charge in [0.25, 0.3) is 0 Å². The van der Waals surface area contributed by atoms with Crippen molar-refractivity contribution in [2.24, 2.45) is 11.8 Å². The van der Waals surface area contributed by atoms with Gasteiger partial charge < -0.3 is 14.4 Å². The fraction of sp³-hybridized carbons (Fsp3) is 0.333. The monoisotopic (exact) mass is 263 g/mol. The highest BCUT2D eigenvalue weighted by molar-refractivity contribution is 6.00. The number of nitrogens with one attached hydrogen (secondary N) is 1. The van der Waals surface area contributed by atoms with Crippen LogP contribution in [0.5, 0.6) is 11.5 Å². The van der Waals surface area contributed by atoms with Gasteiger partial charge in [-0.15, -0.1) is 0 Å². The Morgan fingerprint density at radius 2 is 2.16 bits per heavy atom. The van der Waals surface area contributed by atoms with Crippen molar-refractivity contribution in [3.05, 3.63) is 18.2 Å². The van der Waals surface area contributed by atoms with Crippen LogP contribution in [0.1, 0.15) is 6.42 Å². The van der Waals surface area contributed by atoms with Crippen LogP contribution in [0.4, 0.5) is 5.69 Å². The molecule has 3 N–H and O–H groups in total. The molecule has 0 spiro atoms. The van der Waals surface area contributed by atoms with E-state index < -0.39 is 5.92 Å². The van der Waals surface area contributed by atoms with E-state index in [1.165, 1.54) is 0 Å². The molecule has 1 atom stereocenters. The first-order valence-electron chi connectivity index (χ1n) is 5.89. The fourth-order valence-electron chi connectivity index (χ4n) is 2.30. The first kappa shape index (κ1) is 11.8. The summed E-state index contributed by atoms with van der Waals surface area (Å²) >= 11 is 0. The molecule has 7 nitrogen and oxygen atoms in total. The van der Waals surface area contributed by atoms with E-state index in [1.54, 1.807) is 23.1 Å². The molecule has 1 aromatic rings. The lowest BCUT2D eigenvalue weighted by Gasteiger charge is -2.16. The molecule has 2 aliphatic rings. The molecule has 0 radical (unpaired) electrons. The molecule has 0 aliphatic carbocycles. The van der Waals surface area contributed by atoms with Crippen LogP contribution in [0.15, 0.2) is 18.2 Å².